The van der Waals surface area contributed by atoms with Gasteiger partial charge in [-0.25, -0.2) is 15.0 Å². The van der Waals surface area contributed by atoms with Gasteiger partial charge in [-0.15, -0.1) is 11.3 Å². The number of thiazole rings is 1. The zero-order valence-electron chi connectivity index (χ0n) is 14.7. The Morgan fingerprint density at radius 3 is 2.76 bits per heavy atom. The normalized spacial score (nSPS) is 15.4. The molecule has 0 unspecified atom stereocenters. The van der Waals surface area contributed by atoms with Crippen LogP contribution >= 0.6 is 11.3 Å². The van der Waals surface area contributed by atoms with E-state index in [-0.39, 0.29) is 11.9 Å². The SMILES string of the molecule is Cc1cc(N2CCC(NC(=O)c3csc(CCN)n3)CC2)nc(C)n1. The van der Waals surface area contributed by atoms with Crippen LogP contribution in [0.3, 0.4) is 0 Å². The molecule has 3 rings (SSSR count). The van der Waals surface area contributed by atoms with E-state index < -0.39 is 0 Å². The number of carbonyl (C=O) groups is 1. The number of nitrogens with zero attached hydrogens (tertiary/aromatic N) is 4. The van der Waals surface area contributed by atoms with Gasteiger partial charge < -0.3 is 16.0 Å². The molecule has 0 bridgehead atoms. The van der Waals surface area contributed by atoms with Crippen LogP contribution in [0.4, 0.5) is 5.82 Å². The Hall–Kier alpha value is -2.06. The molecule has 134 valence electrons. The van der Waals surface area contributed by atoms with Crippen LogP contribution in [0.15, 0.2) is 11.4 Å². The standard InChI is InChI=1S/C17H24N6OS/c1-11-9-15(20-12(2)19-11)23-7-4-13(5-8-23)21-17(24)14-10-25-16(22-14)3-6-18/h9-10,13H,3-8,18H2,1-2H3,(H,21,24). The van der Waals surface area contributed by atoms with Gasteiger partial charge in [0, 0.05) is 42.7 Å². The van der Waals surface area contributed by atoms with Gasteiger partial charge in [0.1, 0.15) is 17.3 Å². The Kier molecular flexibility index (Phi) is 5.60. The van der Waals surface area contributed by atoms with E-state index in [0.29, 0.717) is 18.7 Å². The maximum atomic E-state index is 12.3. The topological polar surface area (TPSA) is 97.0 Å². The van der Waals surface area contributed by atoms with E-state index in [9.17, 15) is 4.79 Å². The smallest absolute Gasteiger partial charge is 0.270 e. The van der Waals surface area contributed by atoms with Gasteiger partial charge in [-0.05, 0) is 33.2 Å². The quantitative estimate of drug-likeness (QED) is 0.838. The van der Waals surface area contributed by atoms with E-state index in [4.69, 9.17) is 5.73 Å². The number of rotatable bonds is 5. The van der Waals surface area contributed by atoms with Crippen molar-refractivity contribution in [1.29, 1.82) is 0 Å². The second kappa shape index (κ2) is 7.88. The van der Waals surface area contributed by atoms with Crippen LogP contribution in [0.1, 0.15) is 39.9 Å². The van der Waals surface area contributed by atoms with Crippen LogP contribution in [0.2, 0.25) is 0 Å². The number of anilines is 1. The highest BCUT2D eigenvalue weighted by Crippen LogP contribution is 2.19. The molecule has 2 aromatic rings. The van der Waals surface area contributed by atoms with Gasteiger partial charge in [0.15, 0.2) is 0 Å². The van der Waals surface area contributed by atoms with Crippen molar-refractivity contribution in [2.24, 2.45) is 5.73 Å². The molecule has 0 aromatic carbocycles. The van der Waals surface area contributed by atoms with Crippen molar-refractivity contribution >= 4 is 23.1 Å². The molecule has 3 N–H and O–H groups in total. The van der Waals surface area contributed by atoms with Crippen molar-refractivity contribution in [3.8, 4) is 0 Å². The zero-order valence-corrected chi connectivity index (χ0v) is 15.5. The summed E-state index contributed by atoms with van der Waals surface area (Å²) in [5, 5.41) is 5.82. The Bertz CT molecular complexity index is 718. The number of hydrogen-bond acceptors (Lipinski definition) is 7. The zero-order chi connectivity index (χ0) is 17.8. The van der Waals surface area contributed by atoms with Crippen LogP contribution in [-0.2, 0) is 6.42 Å². The Labute approximate surface area is 151 Å². The Morgan fingerprint density at radius 2 is 2.08 bits per heavy atom. The molecule has 8 heteroatoms. The maximum Gasteiger partial charge on any atom is 0.270 e. The second-order valence-corrected chi connectivity index (χ2v) is 7.26. The molecule has 25 heavy (non-hydrogen) atoms. The highest BCUT2D eigenvalue weighted by atomic mass is 32.1. The minimum atomic E-state index is -0.0910. The van der Waals surface area contributed by atoms with Crippen molar-refractivity contribution in [3.05, 3.63) is 33.7 Å². The number of nitrogens with two attached hydrogens (primary N) is 1. The number of amides is 1. The lowest BCUT2D eigenvalue weighted by molar-refractivity contribution is 0.0926. The number of aryl methyl sites for hydroxylation is 2. The lowest BCUT2D eigenvalue weighted by atomic mass is 10.0. The Morgan fingerprint density at radius 1 is 1.32 bits per heavy atom. The average Bonchev–Trinajstić information content (AvgIpc) is 3.04. The number of hydrogen-bond donors (Lipinski definition) is 2. The van der Waals surface area contributed by atoms with Crippen molar-refractivity contribution in [2.45, 2.75) is 39.2 Å². The van der Waals surface area contributed by atoms with Crippen molar-refractivity contribution < 1.29 is 4.79 Å². The monoisotopic (exact) mass is 360 g/mol. The molecular formula is C17H24N6OS. The van der Waals surface area contributed by atoms with Gasteiger partial charge in [-0.1, -0.05) is 0 Å². The number of carbonyl (C=O) groups excluding carboxylic acids is 1. The molecule has 2 aromatic heterocycles. The largest absolute Gasteiger partial charge is 0.356 e. The molecule has 0 aliphatic carbocycles. The second-order valence-electron chi connectivity index (χ2n) is 6.31. The number of nitrogens with one attached hydrogen (secondary N) is 1. The maximum absolute atomic E-state index is 12.3. The minimum absolute atomic E-state index is 0.0910. The first-order valence-corrected chi connectivity index (χ1v) is 9.45. The number of piperidine rings is 1. The minimum Gasteiger partial charge on any atom is -0.356 e. The third-order valence-corrected chi connectivity index (χ3v) is 5.16. The molecule has 1 aliphatic heterocycles. The first-order valence-electron chi connectivity index (χ1n) is 8.57. The summed E-state index contributed by atoms with van der Waals surface area (Å²) >= 11 is 1.49. The lowest BCUT2D eigenvalue weighted by Crippen LogP contribution is -2.45. The van der Waals surface area contributed by atoms with Crippen molar-refractivity contribution in [2.75, 3.05) is 24.5 Å². The highest BCUT2D eigenvalue weighted by molar-refractivity contribution is 7.09. The summed E-state index contributed by atoms with van der Waals surface area (Å²) in [6.45, 7) is 6.19. The van der Waals surface area contributed by atoms with Crippen molar-refractivity contribution in [1.82, 2.24) is 20.3 Å². The first-order chi connectivity index (χ1) is 12.0. The molecular weight excluding hydrogens is 336 g/mol. The first kappa shape index (κ1) is 17.8. The van der Waals surface area contributed by atoms with Gasteiger partial charge >= 0.3 is 0 Å². The van der Waals surface area contributed by atoms with Gasteiger partial charge in [0.25, 0.3) is 5.91 Å². The van der Waals surface area contributed by atoms with Crippen LogP contribution < -0.4 is 16.0 Å². The summed E-state index contributed by atoms with van der Waals surface area (Å²) < 4.78 is 0. The van der Waals surface area contributed by atoms with E-state index in [1.807, 2.05) is 25.3 Å². The van der Waals surface area contributed by atoms with Crippen LogP contribution in [0, 0.1) is 13.8 Å². The predicted molar refractivity (Wildman–Crippen MR) is 99.1 cm³/mol. The molecule has 0 radical (unpaired) electrons. The summed E-state index contributed by atoms with van der Waals surface area (Å²) in [5.74, 6) is 1.68. The highest BCUT2D eigenvalue weighted by Gasteiger charge is 2.23. The molecule has 1 fully saturated rings. The van der Waals surface area contributed by atoms with E-state index in [0.717, 1.165) is 48.3 Å². The van der Waals surface area contributed by atoms with Gasteiger partial charge in [0.2, 0.25) is 0 Å². The lowest BCUT2D eigenvalue weighted by Gasteiger charge is -2.33. The van der Waals surface area contributed by atoms with E-state index in [1.54, 1.807) is 0 Å². The molecule has 3 heterocycles. The Balaban J connectivity index is 1.54. The molecule has 7 nitrogen and oxygen atoms in total. The number of aromatic nitrogens is 3. The average molecular weight is 360 g/mol. The van der Waals surface area contributed by atoms with Crippen LogP contribution in [0.5, 0.6) is 0 Å². The fourth-order valence-corrected chi connectivity index (χ4v) is 3.82. The molecule has 0 spiro atoms. The molecule has 0 atom stereocenters. The summed E-state index contributed by atoms with van der Waals surface area (Å²) in [5.41, 5.74) is 7.01. The van der Waals surface area contributed by atoms with E-state index >= 15 is 0 Å². The third kappa shape index (κ3) is 4.52. The summed E-state index contributed by atoms with van der Waals surface area (Å²) in [6, 6.07) is 2.19. The predicted octanol–water partition coefficient (Wildman–Crippen LogP) is 1.45. The molecule has 0 saturated carbocycles. The van der Waals surface area contributed by atoms with Crippen LogP contribution in [0.25, 0.3) is 0 Å². The van der Waals surface area contributed by atoms with Gasteiger partial charge in [-0.2, -0.15) is 0 Å². The van der Waals surface area contributed by atoms with Crippen LogP contribution in [-0.4, -0.2) is 46.5 Å². The van der Waals surface area contributed by atoms with E-state index in [2.05, 4.69) is 25.2 Å². The van der Waals surface area contributed by atoms with Gasteiger partial charge in [0.05, 0.1) is 5.01 Å². The van der Waals surface area contributed by atoms with E-state index in [1.165, 1.54) is 11.3 Å². The molecule has 1 saturated heterocycles. The summed E-state index contributed by atoms with van der Waals surface area (Å²) in [7, 11) is 0. The van der Waals surface area contributed by atoms with Crippen molar-refractivity contribution in [3.63, 3.8) is 0 Å². The van der Waals surface area contributed by atoms with Gasteiger partial charge in [-0.3, -0.25) is 4.79 Å². The summed E-state index contributed by atoms with van der Waals surface area (Å²) in [6.07, 6.45) is 2.51. The molecule has 1 amide bonds. The third-order valence-electron chi connectivity index (χ3n) is 4.25. The fraction of sp³-hybridized carbons (Fsp3) is 0.529. The summed E-state index contributed by atoms with van der Waals surface area (Å²) in [4.78, 5) is 27.8. The molecule has 1 aliphatic rings. The fourth-order valence-electron chi connectivity index (χ4n) is 3.03.